The molecule has 0 saturated heterocycles. The van der Waals surface area contributed by atoms with Gasteiger partial charge in [-0.2, -0.15) is 18.4 Å². The predicted molar refractivity (Wildman–Crippen MR) is 50.9 cm³/mol. The molecular formula is C11H4F3NO2. The van der Waals surface area contributed by atoms with E-state index in [1.165, 1.54) is 6.07 Å². The van der Waals surface area contributed by atoms with Crippen LogP contribution in [0.5, 0.6) is 0 Å². The van der Waals surface area contributed by atoms with Crippen molar-refractivity contribution in [3.8, 4) is 17.9 Å². The molecule has 0 aliphatic rings. The topological polar surface area (TPSA) is 61.1 Å². The van der Waals surface area contributed by atoms with E-state index in [1.54, 1.807) is 0 Å². The number of nitriles is 1. The lowest BCUT2D eigenvalue weighted by Gasteiger charge is -2.08. The minimum Gasteiger partial charge on any atom is -0.478 e. The lowest BCUT2D eigenvalue weighted by atomic mass is 10.0. The lowest BCUT2D eigenvalue weighted by molar-refractivity contribution is -0.137. The van der Waals surface area contributed by atoms with Gasteiger partial charge in [0.05, 0.1) is 11.1 Å². The summed E-state index contributed by atoms with van der Waals surface area (Å²) in [4.78, 5) is 10.7. The Balaban J connectivity index is 3.41. The Labute approximate surface area is 94.1 Å². The van der Waals surface area contributed by atoms with Gasteiger partial charge >= 0.3 is 12.1 Å². The Hall–Kier alpha value is -2.47. The molecule has 0 bridgehead atoms. The third kappa shape index (κ3) is 2.99. The van der Waals surface area contributed by atoms with Crippen molar-refractivity contribution in [1.82, 2.24) is 0 Å². The summed E-state index contributed by atoms with van der Waals surface area (Å²) in [5.41, 5.74) is -1.72. The van der Waals surface area contributed by atoms with Crippen LogP contribution < -0.4 is 0 Å². The second-order valence-electron chi connectivity index (χ2n) is 2.93. The molecule has 0 aromatic heterocycles. The molecule has 0 fully saturated rings. The monoisotopic (exact) mass is 239 g/mol. The number of rotatable bonds is 1. The first-order chi connectivity index (χ1) is 7.86. The molecule has 1 aromatic rings. The van der Waals surface area contributed by atoms with Crippen molar-refractivity contribution in [2.45, 2.75) is 6.18 Å². The summed E-state index contributed by atoms with van der Waals surface area (Å²) in [6.45, 7) is 0. The molecule has 86 valence electrons. The van der Waals surface area contributed by atoms with Crippen LogP contribution in [0.15, 0.2) is 18.2 Å². The average Bonchev–Trinajstić information content (AvgIpc) is 2.24. The predicted octanol–water partition coefficient (Wildman–Crippen LogP) is 2.28. The summed E-state index contributed by atoms with van der Waals surface area (Å²) in [7, 11) is 0. The molecule has 3 nitrogen and oxygen atoms in total. The summed E-state index contributed by atoms with van der Waals surface area (Å²) in [6, 6.07) is 3.48. The molecule has 0 radical (unpaired) electrons. The Morgan fingerprint density at radius 2 is 2.00 bits per heavy atom. The second kappa shape index (κ2) is 4.58. The molecule has 1 N–H and O–H groups in total. The maximum absolute atomic E-state index is 12.4. The average molecular weight is 239 g/mol. The molecule has 0 atom stereocenters. The molecule has 0 spiro atoms. The van der Waals surface area contributed by atoms with Gasteiger partial charge in [0.25, 0.3) is 0 Å². The van der Waals surface area contributed by atoms with Gasteiger partial charge in [-0.3, -0.25) is 0 Å². The van der Waals surface area contributed by atoms with E-state index in [2.05, 4.69) is 5.92 Å². The van der Waals surface area contributed by atoms with Crippen LogP contribution in [0.3, 0.4) is 0 Å². The first-order valence-corrected chi connectivity index (χ1v) is 4.21. The Kier molecular flexibility index (Phi) is 3.40. The first kappa shape index (κ1) is 12.6. The molecule has 17 heavy (non-hydrogen) atoms. The highest BCUT2D eigenvalue weighted by Crippen LogP contribution is 2.30. The van der Waals surface area contributed by atoms with Gasteiger partial charge in [0, 0.05) is 11.5 Å². The van der Waals surface area contributed by atoms with Crippen LogP contribution in [-0.4, -0.2) is 11.1 Å². The van der Waals surface area contributed by atoms with Crippen molar-refractivity contribution < 1.29 is 23.1 Å². The van der Waals surface area contributed by atoms with Gasteiger partial charge in [0.15, 0.2) is 6.07 Å². The van der Waals surface area contributed by atoms with E-state index in [0.717, 1.165) is 6.07 Å². The van der Waals surface area contributed by atoms with Crippen LogP contribution in [0.4, 0.5) is 13.2 Å². The lowest BCUT2D eigenvalue weighted by Crippen LogP contribution is -2.08. The summed E-state index contributed by atoms with van der Waals surface area (Å²) in [6.07, 6.45) is -4.58. The largest absolute Gasteiger partial charge is 0.478 e. The SMILES string of the molecule is N#CC#Cc1cc(C(F)(F)F)ccc1C(=O)O. The molecule has 0 saturated carbocycles. The molecule has 0 heterocycles. The molecule has 6 heteroatoms. The van der Waals surface area contributed by atoms with Crippen molar-refractivity contribution in [3.05, 3.63) is 34.9 Å². The molecule has 0 aliphatic heterocycles. The van der Waals surface area contributed by atoms with Crippen molar-refractivity contribution in [2.75, 3.05) is 0 Å². The first-order valence-electron chi connectivity index (χ1n) is 4.21. The third-order valence-corrected chi connectivity index (χ3v) is 1.83. The zero-order chi connectivity index (χ0) is 13.1. The molecular weight excluding hydrogens is 235 g/mol. The van der Waals surface area contributed by atoms with Gasteiger partial charge in [-0.15, -0.1) is 0 Å². The number of benzene rings is 1. The zero-order valence-electron chi connectivity index (χ0n) is 8.17. The van der Waals surface area contributed by atoms with E-state index < -0.39 is 17.7 Å². The quantitative estimate of drug-likeness (QED) is 0.764. The number of carbonyl (C=O) groups is 1. The number of nitrogens with zero attached hydrogens (tertiary/aromatic N) is 1. The van der Waals surface area contributed by atoms with Gasteiger partial charge in [0.2, 0.25) is 0 Å². The summed E-state index contributed by atoms with van der Waals surface area (Å²) in [5.74, 6) is 2.53. The zero-order valence-corrected chi connectivity index (χ0v) is 8.17. The van der Waals surface area contributed by atoms with E-state index in [1.807, 2.05) is 5.92 Å². The van der Waals surface area contributed by atoms with E-state index in [9.17, 15) is 18.0 Å². The van der Waals surface area contributed by atoms with Crippen LogP contribution in [0.2, 0.25) is 0 Å². The van der Waals surface area contributed by atoms with Crippen LogP contribution in [0.1, 0.15) is 21.5 Å². The van der Waals surface area contributed by atoms with E-state index in [0.29, 0.717) is 12.1 Å². The van der Waals surface area contributed by atoms with Gasteiger partial charge in [0.1, 0.15) is 0 Å². The van der Waals surface area contributed by atoms with E-state index in [4.69, 9.17) is 10.4 Å². The van der Waals surface area contributed by atoms with E-state index >= 15 is 0 Å². The normalized spacial score (nSPS) is 10.0. The van der Waals surface area contributed by atoms with Gasteiger partial charge in [-0.25, -0.2) is 4.79 Å². The summed E-state index contributed by atoms with van der Waals surface area (Å²) < 4.78 is 37.1. The maximum Gasteiger partial charge on any atom is 0.416 e. The van der Waals surface area contributed by atoms with Crippen LogP contribution >= 0.6 is 0 Å². The fourth-order valence-electron chi connectivity index (χ4n) is 1.11. The highest BCUT2D eigenvalue weighted by atomic mass is 19.4. The van der Waals surface area contributed by atoms with Crippen LogP contribution in [-0.2, 0) is 6.18 Å². The Morgan fingerprint density at radius 1 is 1.35 bits per heavy atom. The van der Waals surface area contributed by atoms with Gasteiger partial charge < -0.3 is 5.11 Å². The summed E-state index contributed by atoms with van der Waals surface area (Å²) in [5, 5.41) is 16.9. The summed E-state index contributed by atoms with van der Waals surface area (Å²) >= 11 is 0. The molecule has 0 aliphatic carbocycles. The highest BCUT2D eigenvalue weighted by molar-refractivity contribution is 5.90. The van der Waals surface area contributed by atoms with Gasteiger partial charge in [-0.05, 0) is 24.1 Å². The van der Waals surface area contributed by atoms with Crippen LogP contribution in [0, 0.1) is 23.2 Å². The number of hydrogen-bond donors (Lipinski definition) is 1. The Morgan fingerprint density at radius 3 is 2.47 bits per heavy atom. The third-order valence-electron chi connectivity index (χ3n) is 1.83. The van der Waals surface area contributed by atoms with Crippen molar-refractivity contribution in [2.24, 2.45) is 0 Å². The number of carboxylic acids is 1. The fraction of sp³-hybridized carbons (Fsp3) is 0.0909. The number of aromatic carboxylic acids is 1. The van der Waals surface area contributed by atoms with Gasteiger partial charge in [-0.1, -0.05) is 0 Å². The fourth-order valence-corrected chi connectivity index (χ4v) is 1.11. The van der Waals surface area contributed by atoms with Crippen molar-refractivity contribution >= 4 is 5.97 Å². The highest BCUT2D eigenvalue weighted by Gasteiger charge is 2.31. The minimum absolute atomic E-state index is 0.339. The molecule has 0 amide bonds. The number of carboxylic acid groups (broad SMARTS) is 1. The number of hydrogen-bond acceptors (Lipinski definition) is 2. The standard InChI is InChI=1S/C11H4F3NO2/c12-11(13,14)8-3-4-9(10(16)17)7(6-8)2-1-5-15/h3-4,6H,(H,16,17). The number of alkyl halides is 3. The smallest absolute Gasteiger partial charge is 0.416 e. The second-order valence-corrected chi connectivity index (χ2v) is 2.93. The maximum atomic E-state index is 12.4. The van der Waals surface area contributed by atoms with Crippen LogP contribution in [0.25, 0.3) is 0 Å². The number of halogens is 3. The molecule has 1 aromatic carbocycles. The minimum atomic E-state index is -4.58. The molecule has 1 rings (SSSR count). The van der Waals surface area contributed by atoms with Crippen molar-refractivity contribution in [1.29, 1.82) is 5.26 Å². The Bertz CT molecular complexity index is 559. The van der Waals surface area contributed by atoms with Crippen molar-refractivity contribution in [3.63, 3.8) is 0 Å². The van der Waals surface area contributed by atoms with E-state index in [-0.39, 0.29) is 11.1 Å². The molecule has 0 unspecified atom stereocenters.